The summed E-state index contributed by atoms with van der Waals surface area (Å²) in [5.41, 5.74) is 4.52. The van der Waals surface area contributed by atoms with Gasteiger partial charge in [-0.25, -0.2) is 4.79 Å². The lowest BCUT2D eigenvalue weighted by Crippen LogP contribution is -2.38. The summed E-state index contributed by atoms with van der Waals surface area (Å²) in [6, 6.07) is -1.30. The van der Waals surface area contributed by atoms with Crippen LogP contribution in [0.5, 0.6) is 0 Å². The van der Waals surface area contributed by atoms with Gasteiger partial charge in [0.25, 0.3) is 5.91 Å². The van der Waals surface area contributed by atoms with Gasteiger partial charge in [0.1, 0.15) is 5.78 Å². The van der Waals surface area contributed by atoms with E-state index < -0.39 is 24.1 Å². The lowest BCUT2D eigenvalue weighted by Gasteiger charge is -2.07. The third-order valence-corrected chi connectivity index (χ3v) is 0.845. The maximum absolute atomic E-state index is 10.5. The molecule has 0 spiro atoms. The van der Waals surface area contributed by atoms with Crippen molar-refractivity contribution in [3.05, 3.63) is 0 Å². The van der Waals surface area contributed by atoms with E-state index in [1.54, 1.807) is 0 Å². The first kappa shape index (κ1) is 9.57. The van der Waals surface area contributed by atoms with Gasteiger partial charge in [0.05, 0.1) is 6.42 Å². The zero-order valence-electron chi connectivity index (χ0n) is 5.90. The van der Waals surface area contributed by atoms with Crippen molar-refractivity contribution in [1.82, 2.24) is 5.06 Å². The van der Waals surface area contributed by atoms with E-state index in [1.165, 1.54) is 0 Å². The number of carbonyl (C=O) groups excluding carboxylic acids is 3. The Morgan fingerprint density at radius 3 is 2.18 bits per heavy atom. The first-order valence-corrected chi connectivity index (χ1v) is 2.76. The largest absolute Gasteiger partial charge is 0.349 e. The second-order valence-corrected chi connectivity index (χ2v) is 1.92. The maximum Gasteiger partial charge on any atom is 0.345 e. The van der Waals surface area contributed by atoms with Crippen LogP contribution in [0.3, 0.4) is 0 Å². The van der Waals surface area contributed by atoms with Crippen molar-refractivity contribution in [2.75, 3.05) is 0 Å². The molecule has 6 heteroatoms. The number of rotatable bonds is 2. The molecule has 0 aliphatic heterocycles. The summed E-state index contributed by atoms with van der Waals surface area (Å²) in [6.07, 6.45) is -0.528. The van der Waals surface area contributed by atoms with E-state index in [1.807, 2.05) is 0 Å². The van der Waals surface area contributed by atoms with E-state index in [0.717, 1.165) is 6.92 Å². The zero-order chi connectivity index (χ0) is 9.02. The molecule has 0 aliphatic rings. The Kier molecular flexibility index (Phi) is 3.19. The van der Waals surface area contributed by atoms with Crippen LogP contribution in [0.25, 0.3) is 0 Å². The van der Waals surface area contributed by atoms with E-state index in [0.29, 0.717) is 0 Å². The number of carbonyl (C=O) groups is 3. The van der Waals surface area contributed by atoms with Crippen LogP contribution in [0.4, 0.5) is 4.79 Å². The number of imide groups is 1. The van der Waals surface area contributed by atoms with Gasteiger partial charge in [0.15, 0.2) is 0 Å². The highest BCUT2D eigenvalue weighted by Gasteiger charge is 2.17. The van der Waals surface area contributed by atoms with E-state index in [4.69, 9.17) is 5.21 Å². The lowest BCUT2D eigenvalue weighted by atomic mass is 10.3. The molecule has 0 rings (SSSR count). The summed E-state index contributed by atoms with van der Waals surface area (Å²) in [6.45, 7) is 1.16. The predicted octanol–water partition coefficient (Wildman–Crippen LogP) is -0.738. The molecule has 0 heterocycles. The van der Waals surface area contributed by atoms with Crippen molar-refractivity contribution in [2.45, 2.75) is 13.3 Å². The fraction of sp³-hybridized carbons (Fsp3) is 0.400. The fourth-order valence-corrected chi connectivity index (χ4v) is 0.411. The van der Waals surface area contributed by atoms with Crippen molar-refractivity contribution in [2.24, 2.45) is 5.73 Å². The number of nitrogens with zero attached hydrogens (tertiary/aromatic N) is 1. The minimum absolute atomic E-state index is 0.290. The molecule has 0 radical (unpaired) electrons. The number of amides is 3. The zero-order valence-corrected chi connectivity index (χ0v) is 5.90. The third-order valence-electron chi connectivity index (χ3n) is 0.845. The van der Waals surface area contributed by atoms with Crippen molar-refractivity contribution in [1.29, 1.82) is 0 Å². The monoisotopic (exact) mass is 160 g/mol. The molecule has 0 unspecified atom stereocenters. The Morgan fingerprint density at radius 1 is 1.45 bits per heavy atom. The highest BCUT2D eigenvalue weighted by atomic mass is 16.5. The summed E-state index contributed by atoms with van der Waals surface area (Å²) < 4.78 is 0. The Balaban J connectivity index is 4.04. The minimum atomic E-state index is -1.30. The minimum Gasteiger partial charge on any atom is -0.349 e. The van der Waals surface area contributed by atoms with Gasteiger partial charge in [0, 0.05) is 0 Å². The summed E-state index contributed by atoms with van der Waals surface area (Å²) in [7, 11) is 0. The molecule has 0 saturated carbocycles. The average molecular weight is 160 g/mol. The van der Waals surface area contributed by atoms with Crippen molar-refractivity contribution < 1.29 is 19.6 Å². The number of primary amides is 1. The SMILES string of the molecule is CC(=O)CC(=O)N(O)C(N)=O. The Morgan fingerprint density at radius 2 is 1.91 bits per heavy atom. The molecule has 3 N–H and O–H groups in total. The van der Waals surface area contributed by atoms with Crippen LogP contribution in [0.15, 0.2) is 0 Å². The Labute approximate surface area is 62.5 Å². The normalized spacial score (nSPS) is 8.91. The van der Waals surface area contributed by atoms with Crippen molar-refractivity contribution >= 4 is 17.7 Å². The second-order valence-electron chi connectivity index (χ2n) is 1.92. The summed E-state index contributed by atoms with van der Waals surface area (Å²) in [5.74, 6) is -1.47. The molecule has 0 saturated heterocycles. The molecular formula is C5H8N2O4. The molecule has 62 valence electrons. The molecular weight excluding hydrogens is 152 g/mol. The fourth-order valence-electron chi connectivity index (χ4n) is 0.411. The van der Waals surface area contributed by atoms with Crippen LogP contribution in [-0.4, -0.2) is 28.0 Å². The number of hydroxylamine groups is 2. The van der Waals surface area contributed by atoms with Gasteiger partial charge in [-0.1, -0.05) is 0 Å². The van der Waals surface area contributed by atoms with Crippen LogP contribution in [0.1, 0.15) is 13.3 Å². The van der Waals surface area contributed by atoms with Gasteiger partial charge in [-0.05, 0) is 6.92 Å². The van der Waals surface area contributed by atoms with E-state index in [2.05, 4.69) is 5.73 Å². The molecule has 0 aromatic heterocycles. The standard InChI is InChI=1S/C5H8N2O4/c1-3(8)2-4(9)7(11)5(6)10/h11H,2H2,1H3,(H2,6,10). The molecule has 0 aromatic rings. The quantitative estimate of drug-likeness (QED) is 0.315. The number of hydrogen-bond donors (Lipinski definition) is 2. The number of ketones is 1. The second kappa shape index (κ2) is 3.67. The maximum atomic E-state index is 10.5. The summed E-state index contributed by atoms with van der Waals surface area (Å²) >= 11 is 0. The number of hydrogen-bond acceptors (Lipinski definition) is 4. The number of urea groups is 1. The van der Waals surface area contributed by atoms with Gasteiger partial charge < -0.3 is 5.73 Å². The molecule has 11 heavy (non-hydrogen) atoms. The molecule has 0 aliphatic carbocycles. The molecule has 0 bridgehead atoms. The smallest absolute Gasteiger partial charge is 0.345 e. The van der Waals surface area contributed by atoms with Crippen molar-refractivity contribution in [3.63, 3.8) is 0 Å². The molecule has 0 atom stereocenters. The van der Waals surface area contributed by atoms with Gasteiger partial charge in [-0.3, -0.25) is 14.8 Å². The Hall–Kier alpha value is -1.43. The van der Waals surface area contributed by atoms with Crippen molar-refractivity contribution in [3.8, 4) is 0 Å². The number of nitrogens with two attached hydrogens (primary N) is 1. The van der Waals surface area contributed by atoms with E-state index in [-0.39, 0.29) is 5.06 Å². The van der Waals surface area contributed by atoms with E-state index >= 15 is 0 Å². The molecule has 6 nitrogen and oxygen atoms in total. The third kappa shape index (κ3) is 3.31. The van der Waals surface area contributed by atoms with Crippen LogP contribution in [-0.2, 0) is 9.59 Å². The van der Waals surface area contributed by atoms with Gasteiger partial charge in [0.2, 0.25) is 0 Å². The molecule has 0 fully saturated rings. The van der Waals surface area contributed by atoms with Crippen LogP contribution in [0, 0.1) is 0 Å². The van der Waals surface area contributed by atoms with Crippen LogP contribution < -0.4 is 5.73 Å². The Bertz CT molecular complexity index is 201. The molecule has 0 aromatic carbocycles. The molecule has 3 amide bonds. The van der Waals surface area contributed by atoms with Gasteiger partial charge >= 0.3 is 6.03 Å². The van der Waals surface area contributed by atoms with Gasteiger partial charge in [-0.15, -0.1) is 5.06 Å². The van der Waals surface area contributed by atoms with E-state index in [9.17, 15) is 14.4 Å². The summed E-state index contributed by atoms with van der Waals surface area (Å²) in [5, 5.41) is 8.21. The first-order chi connectivity index (χ1) is 4.95. The van der Waals surface area contributed by atoms with Crippen LogP contribution in [0.2, 0.25) is 0 Å². The number of Topliss-reactive ketones (excluding diaryl/α,β-unsaturated/α-hetero) is 1. The lowest BCUT2D eigenvalue weighted by molar-refractivity contribution is -0.153. The topological polar surface area (TPSA) is 101 Å². The first-order valence-electron chi connectivity index (χ1n) is 2.76. The predicted molar refractivity (Wildman–Crippen MR) is 33.5 cm³/mol. The highest BCUT2D eigenvalue weighted by Crippen LogP contribution is 1.90. The average Bonchev–Trinajstić information content (AvgIpc) is 1.84. The van der Waals surface area contributed by atoms with Crippen LogP contribution >= 0.6 is 0 Å². The highest BCUT2D eigenvalue weighted by molar-refractivity contribution is 6.02. The summed E-state index contributed by atoms with van der Waals surface area (Å²) in [4.78, 5) is 30.9. The van der Waals surface area contributed by atoms with Gasteiger partial charge in [-0.2, -0.15) is 0 Å².